The smallest absolute Gasteiger partial charge is 0.259 e. The second-order valence-electron chi connectivity index (χ2n) is 7.55. The number of anilines is 1. The van der Waals surface area contributed by atoms with Gasteiger partial charge in [0.25, 0.3) is 5.91 Å². The lowest BCUT2D eigenvalue weighted by molar-refractivity contribution is -0.120. The van der Waals surface area contributed by atoms with Gasteiger partial charge in [0.2, 0.25) is 5.91 Å². The van der Waals surface area contributed by atoms with E-state index in [1.807, 2.05) is 54.6 Å². The molecular formula is C23H20N2O3. The zero-order valence-electron chi connectivity index (χ0n) is 15.6. The van der Waals surface area contributed by atoms with E-state index in [1.165, 1.54) is 0 Å². The van der Waals surface area contributed by atoms with Crippen molar-refractivity contribution < 1.29 is 14.3 Å². The summed E-state index contributed by atoms with van der Waals surface area (Å²) in [5, 5.41) is 1.88. The summed E-state index contributed by atoms with van der Waals surface area (Å²) in [5.41, 5.74) is 8.66. The zero-order chi connectivity index (χ0) is 19.5. The number of methoxy groups -OCH3 is 1. The molecule has 0 spiro atoms. The number of benzene rings is 3. The van der Waals surface area contributed by atoms with E-state index < -0.39 is 5.41 Å². The van der Waals surface area contributed by atoms with E-state index in [9.17, 15) is 9.59 Å². The van der Waals surface area contributed by atoms with Crippen LogP contribution < -0.4 is 15.4 Å². The van der Waals surface area contributed by atoms with Gasteiger partial charge in [-0.15, -0.1) is 0 Å². The Kier molecular flexibility index (Phi) is 3.50. The fourth-order valence-electron chi connectivity index (χ4n) is 4.31. The Morgan fingerprint density at radius 2 is 1.86 bits per heavy atom. The molecule has 0 saturated heterocycles. The molecule has 28 heavy (non-hydrogen) atoms. The van der Waals surface area contributed by atoms with Crippen molar-refractivity contribution in [2.24, 2.45) is 5.73 Å². The summed E-state index contributed by atoms with van der Waals surface area (Å²) in [4.78, 5) is 27.0. The Labute approximate surface area is 162 Å². The first-order valence-corrected chi connectivity index (χ1v) is 9.36. The van der Waals surface area contributed by atoms with Crippen LogP contribution in [0.2, 0.25) is 0 Å². The summed E-state index contributed by atoms with van der Waals surface area (Å²) in [5.74, 6) is 0.484. The van der Waals surface area contributed by atoms with Gasteiger partial charge in [-0.3, -0.25) is 9.59 Å². The number of rotatable bonds is 5. The quantitative estimate of drug-likeness (QED) is 0.745. The van der Waals surface area contributed by atoms with Gasteiger partial charge in [-0.05, 0) is 53.6 Å². The van der Waals surface area contributed by atoms with Crippen LogP contribution in [-0.4, -0.2) is 18.9 Å². The lowest BCUT2D eigenvalue weighted by atomic mass is 9.89. The number of carbonyl (C=O) groups is 2. The number of nitrogens with zero attached hydrogens (tertiary/aromatic N) is 1. The Bertz CT molecular complexity index is 1130. The van der Waals surface area contributed by atoms with Gasteiger partial charge in [-0.1, -0.05) is 30.3 Å². The molecule has 1 heterocycles. The monoisotopic (exact) mass is 372 g/mol. The molecule has 1 aliphatic carbocycles. The number of nitrogens with two attached hydrogens (primary N) is 1. The van der Waals surface area contributed by atoms with E-state index in [2.05, 4.69) is 0 Å². The van der Waals surface area contributed by atoms with Crippen LogP contribution in [0.15, 0.2) is 54.6 Å². The summed E-state index contributed by atoms with van der Waals surface area (Å²) < 4.78 is 5.21. The largest absolute Gasteiger partial charge is 0.497 e. The molecule has 0 atom stereocenters. The third-order valence-electron chi connectivity index (χ3n) is 6.02. The number of amides is 2. The standard InChI is InChI=1S/C23H20N2O3/c1-28-15-7-5-14(6-8-15)13-25-19-10-9-18(23(11-12-23)22(24)27)16-3-2-4-17(20(16)19)21(25)26/h2-10H,11-13H2,1H3,(H2,24,27). The highest BCUT2D eigenvalue weighted by Crippen LogP contribution is 2.52. The zero-order valence-corrected chi connectivity index (χ0v) is 15.6. The third-order valence-corrected chi connectivity index (χ3v) is 6.02. The van der Waals surface area contributed by atoms with Gasteiger partial charge < -0.3 is 15.4 Å². The molecule has 0 bridgehead atoms. The Balaban J connectivity index is 1.60. The first kappa shape index (κ1) is 16.8. The molecule has 2 amide bonds. The second-order valence-corrected chi connectivity index (χ2v) is 7.55. The van der Waals surface area contributed by atoms with Crippen LogP contribution in [0.5, 0.6) is 5.75 Å². The topological polar surface area (TPSA) is 72.6 Å². The summed E-state index contributed by atoms with van der Waals surface area (Å²) in [6.07, 6.45) is 1.54. The molecule has 1 fully saturated rings. The van der Waals surface area contributed by atoms with Gasteiger partial charge in [0.15, 0.2) is 0 Å². The molecule has 1 saturated carbocycles. The summed E-state index contributed by atoms with van der Waals surface area (Å²) in [7, 11) is 1.63. The van der Waals surface area contributed by atoms with Crippen LogP contribution in [0.4, 0.5) is 5.69 Å². The molecule has 3 aromatic carbocycles. The lowest BCUT2D eigenvalue weighted by Gasteiger charge is -2.20. The molecular weight excluding hydrogens is 352 g/mol. The summed E-state index contributed by atoms with van der Waals surface area (Å²) in [6.45, 7) is 0.479. The van der Waals surface area contributed by atoms with Gasteiger partial charge in [0.05, 0.1) is 24.8 Å². The molecule has 0 unspecified atom stereocenters. The van der Waals surface area contributed by atoms with Crippen molar-refractivity contribution in [1.82, 2.24) is 0 Å². The minimum absolute atomic E-state index is 0.0162. The Hall–Kier alpha value is -3.34. The van der Waals surface area contributed by atoms with Crippen LogP contribution in [0.3, 0.4) is 0 Å². The molecule has 2 N–H and O–H groups in total. The average molecular weight is 372 g/mol. The number of hydrogen-bond donors (Lipinski definition) is 1. The molecule has 2 aliphatic rings. The van der Waals surface area contributed by atoms with Gasteiger partial charge in [0.1, 0.15) is 5.75 Å². The molecule has 3 aromatic rings. The van der Waals surface area contributed by atoms with Crippen molar-refractivity contribution in [1.29, 1.82) is 0 Å². The van der Waals surface area contributed by atoms with E-state index in [0.717, 1.165) is 46.2 Å². The van der Waals surface area contributed by atoms with Crippen molar-refractivity contribution in [3.05, 3.63) is 71.3 Å². The van der Waals surface area contributed by atoms with Crippen LogP contribution in [0, 0.1) is 0 Å². The predicted octanol–water partition coefficient (Wildman–Crippen LogP) is 3.53. The van der Waals surface area contributed by atoms with Crippen molar-refractivity contribution >= 4 is 28.3 Å². The highest BCUT2D eigenvalue weighted by atomic mass is 16.5. The van der Waals surface area contributed by atoms with E-state index in [0.29, 0.717) is 12.1 Å². The summed E-state index contributed by atoms with van der Waals surface area (Å²) in [6, 6.07) is 17.4. The number of hydrogen-bond acceptors (Lipinski definition) is 3. The maximum Gasteiger partial charge on any atom is 0.259 e. The fourth-order valence-corrected chi connectivity index (χ4v) is 4.31. The average Bonchev–Trinajstić information content (AvgIpc) is 3.48. The maximum absolute atomic E-state index is 13.1. The van der Waals surface area contributed by atoms with Crippen molar-refractivity contribution in [3.8, 4) is 5.75 Å². The van der Waals surface area contributed by atoms with Crippen molar-refractivity contribution in [3.63, 3.8) is 0 Å². The Morgan fingerprint density at radius 3 is 2.50 bits per heavy atom. The van der Waals surface area contributed by atoms with Crippen LogP contribution in [-0.2, 0) is 16.8 Å². The number of ether oxygens (including phenoxy) is 1. The van der Waals surface area contributed by atoms with E-state index in [4.69, 9.17) is 10.5 Å². The van der Waals surface area contributed by atoms with Crippen LogP contribution in [0.25, 0.3) is 10.8 Å². The highest BCUT2D eigenvalue weighted by Gasteiger charge is 2.51. The highest BCUT2D eigenvalue weighted by molar-refractivity contribution is 6.25. The minimum atomic E-state index is -0.580. The molecule has 1 aliphatic heterocycles. The number of primary amides is 1. The summed E-state index contributed by atoms with van der Waals surface area (Å²) >= 11 is 0. The first-order chi connectivity index (χ1) is 13.5. The van der Waals surface area contributed by atoms with E-state index >= 15 is 0 Å². The van der Waals surface area contributed by atoms with Gasteiger partial charge in [0, 0.05) is 10.9 Å². The van der Waals surface area contributed by atoms with Crippen molar-refractivity contribution in [2.75, 3.05) is 12.0 Å². The van der Waals surface area contributed by atoms with Crippen LogP contribution >= 0.6 is 0 Å². The fraction of sp³-hybridized carbons (Fsp3) is 0.217. The lowest BCUT2D eigenvalue weighted by Crippen LogP contribution is -2.28. The normalized spacial score (nSPS) is 16.5. The molecule has 5 nitrogen and oxygen atoms in total. The van der Waals surface area contributed by atoms with E-state index in [1.54, 1.807) is 12.0 Å². The predicted molar refractivity (Wildman–Crippen MR) is 108 cm³/mol. The van der Waals surface area contributed by atoms with E-state index in [-0.39, 0.29) is 11.8 Å². The van der Waals surface area contributed by atoms with Crippen molar-refractivity contribution in [2.45, 2.75) is 24.8 Å². The molecule has 5 heteroatoms. The Morgan fingerprint density at radius 1 is 1.11 bits per heavy atom. The van der Waals surface area contributed by atoms with Gasteiger partial charge in [-0.25, -0.2) is 0 Å². The van der Waals surface area contributed by atoms with Crippen LogP contribution in [0.1, 0.15) is 34.3 Å². The molecule has 0 radical (unpaired) electrons. The SMILES string of the molecule is COc1ccc(CN2C(=O)c3cccc4c(C5(C(N)=O)CC5)ccc2c34)cc1. The molecule has 5 rings (SSSR count). The minimum Gasteiger partial charge on any atom is -0.497 e. The maximum atomic E-state index is 13.1. The third kappa shape index (κ3) is 2.26. The second kappa shape index (κ2) is 5.83. The molecule has 0 aromatic heterocycles. The van der Waals surface area contributed by atoms with Gasteiger partial charge >= 0.3 is 0 Å². The van der Waals surface area contributed by atoms with Gasteiger partial charge in [-0.2, -0.15) is 0 Å². The first-order valence-electron chi connectivity index (χ1n) is 9.36. The molecule has 140 valence electrons. The number of carbonyl (C=O) groups excluding carboxylic acids is 2.